The minimum absolute atomic E-state index is 0.512. The summed E-state index contributed by atoms with van der Waals surface area (Å²) in [7, 11) is 0. The molecular formula is C21H18FN5. The fourth-order valence-corrected chi connectivity index (χ4v) is 3.38. The number of nitrogens with zero attached hydrogens (tertiary/aromatic N) is 5. The van der Waals surface area contributed by atoms with E-state index in [2.05, 4.69) is 63.0 Å². The van der Waals surface area contributed by atoms with E-state index in [0.717, 1.165) is 22.7 Å². The molecule has 2 aromatic heterocycles. The third-order valence-electron chi connectivity index (χ3n) is 5.03. The number of aromatic nitrogens is 4. The Hall–Kier alpha value is -3.28. The third kappa shape index (κ3) is 2.93. The number of pyridine rings is 1. The van der Waals surface area contributed by atoms with Crippen LogP contribution in [0.5, 0.6) is 0 Å². The van der Waals surface area contributed by atoms with Gasteiger partial charge in [0.05, 0.1) is 17.6 Å². The summed E-state index contributed by atoms with van der Waals surface area (Å²) in [6, 6.07) is 2.96. The lowest BCUT2D eigenvalue weighted by molar-refractivity contribution is 0.582. The average molecular weight is 359 g/mol. The molecule has 4 heterocycles. The van der Waals surface area contributed by atoms with Crippen molar-refractivity contribution in [2.45, 2.75) is 19.8 Å². The molecule has 5 nitrogen and oxygen atoms in total. The van der Waals surface area contributed by atoms with Crippen LogP contribution in [0.3, 0.4) is 0 Å². The van der Waals surface area contributed by atoms with Gasteiger partial charge in [-0.15, -0.1) is 5.10 Å². The van der Waals surface area contributed by atoms with Crippen molar-refractivity contribution in [3.63, 3.8) is 0 Å². The van der Waals surface area contributed by atoms with E-state index in [0.29, 0.717) is 11.6 Å². The molecule has 1 fully saturated rings. The fourth-order valence-electron chi connectivity index (χ4n) is 3.38. The van der Waals surface area contributed by atoms with Crippen molar-refractivity contribution < 1.29 is 4.39 Å². The van der Waals surface area contributed by atoms with Gasteiger partial charge in [0.2, 0.25) is 5.95 Å². The van der Waals surface area contributed by atoms with E-state index in [9.17, 15) is 4.39 Å². The first-order valence-electron chi connectivity index (χ1n) is 9.02. The number of hydrogen-bond donors (Lipinski definition) is 0. The summed E-state index contributed by atoms with van der Waals surface area (Å²) in [6.45, 7) is 1.95. The normalized spacial score (nSPS) is 18.6. The Bertz CT molecular complexity index is 1050. The first-order valence-corrected chi connectivity index (χ1v) is 9.02. The Labute approximate surface area is 156 Å². The summed E-state index contributed by atoms with van der Waals surface area (Å²) in [5.41, 5.74) is 5.84. The van der Waals surface area contributed by atoms with Gasteiger partial charge < -0.3 is 4.90 Å². The lowest BCUT2D eigenvalue weighted by Gasteiger charge is -2.22. The highest BCUT2D eigenvalue weighted by Crippen LogP contribution is 2.39. The highest BCUT2D eigenvalue weighted by atomic mass is 19.1. The molecule has 5 rings (SSSR count). The van der Waals surface area contributed by atoms with Gasteiger partial charge in [-0.05, 0) is 61.6 Å². The van der Waals surface area contributed by atoms with Crippen molar-refractivity contribution in [3.8, 4) is 5.69 Å². The van der Waals surface area contributed by atoms with E-state index in [1.165, 1.54) is 30.7 Å². The average Bonchev–Trinajstić information content (AvgIpc) is 3.47. The van der Waals surface area contributed by atoms with E-state index >= 15 is 0 Å². The van der Waals surface area contributed by atoms with Crippen molar-refractivity contribution >= 4 is 5.57 Å². The van der Waals surface area contributed by atoms with Gasteiger partial charge in [-0.1, -0.05) is 17.4 Å². The Balaban J connectivity index is 1.50. The van der Waals surface area contributed by atoms with Gasteiger partial charge in [0.15, 0.2) is 0 Å². The smallest absolute Gasteiger partial charge is 0.212 e. The van der Waals surface area contributed by atoms with E-state index in [4.69, 9.17) is 0 Å². The van der Waals surface area contributed by atoms with Crippen LogP contribution in [0.4, 0.5) is 4.39 Å². The summed E-state index contributed by atoms with van der Waals surface area (Å²) in [6.07, 6.45) is 18.9. The van der Waals surface area contributed by atoms with Crippen LogP contribution >= 0.6 is 0 Å². The van der Waals surface area contributed by atoms with Gasteiger partial charge >= 0.3 is 0 Å². The molecule has 2 aromatic rings. The lowest BCUT2D eigenvalue weighted by atomic mass is 10.1. The third-order valence-corrected chi connectivity index (χ3v) is 5.03. The summed E-state index contributed by atoms with van der Waals surface area (Å²) < 4.78 is 14.8. The molecular weight excluding hydrogens is 341 g/mol. The maximum absolute atomic E-state index is 13.1. The van der Waals surface area contributed by atoms with Crippen LogP contribution < -0.4 is 0 Å². The molecule has 2 aliphatic heterocycles. The summed E-state index contributed by atoms with van der Waals surface area (Å²) in [5.74, 6) is 0.173. The van der Waals surface area contributed by atoms with Crippen LogP contribution in [0, 0.1) is 18.8 Å². The second kappa shape index (κ2) is 6.16. The van der Waals surface area contributed by atoms with Crippen LogP contribution in [0.15, 0.2) is 72.4 Å². The van der Waals surface area contributed by atoms with Gasteiger partial charge in [-0.3, -0.25) is 0 Å². The Kier molecular flexibility index (Phi) is 3.63. The highest BCUT2D eigenvalue weighted by molar-refractivity contribution is 5.75. The zero-order chi connectivity index (χ0) is 18.4. The first-order chi connectivity index (χ1) is 13.2. The number of rotatable bonds is 3. The minimum Gasteiger partial charge on any atom is -0.323 e. The van der Waals surface area contributed by atoms with Crippen LogP contribution in [0.25, 0.3) is 11.3 Å². The standard InChI is InChI=1S/C21H18FN5/c1-14-21(24-25-27(14)19-9-10-20(22)23-11-19)17-7-8-18-4-2-3-16(15-5-6-15)12-26(18)13-17/h2-4,7-13,15H,5-6H2,1H3. The van der Waals surface area contributed by atoms with Gasteiger partial charge in [0.1, 0.15) is 5.69 Å². The molecule has 0 atom stereocenters. The van der Waals surface area contributed by atoms with Crippen molar-refractivity contribution in [3.05, 3.63) is 89.7 Å². The maximum atomic E-state index is 13.1. The molecule has 134 valence electrons. The second-order valence-corrected chi connectivity index (χ2v) is 6.95. The number of allylic oxidation sites excluding steroid dienone is 7. The van der Waals surface area contributed by atoms with Gasteiger partial charge in [-0.2, -0.15) is 4.39 Å². The Morgan fingerprint density at radius 2 is 2.00 bits per heavy atom. The first kappa shape index (κ1) is 15.9. The molecule has 0 N–H and O–H groups in total. The van der Waals surface area contributed by atoms with E-state index in [1.54, 1.807) is 10.7 Å². The SMILES string of the molecule is Cc1c(C2=CN3C=C(C4CC4)C=CC=C3C=C2)nnn1-c1ccc(F)nc1. The van der Waals surface area contributed by atoms with Crippen LogP contribution in [0.1, 0.15) is 24.2 Å². The van der Waals surface area contributed by atoms with Crippen LogP contribution in [-0.4, -0.2) is 24.9 Å². The van der Waals surface area contributed by atoms with E-state index in [-0.39, 0.29) is 0 Å². The number of hydrogen-bond acceptors (Lipinski definition) is 4. The fraction of sp³-hybridized carbons (Fsp3) is 0.190. The molecule has 0 spiro atoms. The van der Waals surface area contributed by atoms with Crippen LogP contribution in [-0.2, 0) is 0 Å². The Morgan fingerprint density at radius 1 is 1.11 bits per heavy atom. The van der Waals surface area contributed by atoms with Crippen molar-refractivity contribution in [1.29, 1.82) is 0 Å². The molecule has 0 radical (unpaired) electrons. The molecule has 1 saturated carbocycles. The summed E-state index contributed by atoms with van der Waals surface area (Å²) in [4.78, 5) is 5.85. The van der Waals surface area contributed by atoms with Crippen molar-refractivity contribution in [1.82, 2.24) is 24.9 Å². The molecule has 3 aliphatic rings. The largest absolute Gasteiger partial charge is 0.323 e. The van der Waals surface area contributed by atoms with Crippen molar-refractivity contribution in [2.24, 2.45) is 5.92 Å². The number of halogens is 1. The maximum Gasteiger partial charge on any atom is 0.212 e. The second-order valence-electron chi connectivity index (χ2n) is 6.95. The molecule has 1 aliphatic carbocycles. The summed E-state index contributed by atoms with van der Waals surface area (Å²) >= 11 is 0. The van der Waals surface area contributed by atoms with Crippen LogP contribution in [0.2, 0.25) is 0 Å². The van der Waals surface area contributed by atoms with E-state index in [1.807, 2.05) is 6.92 Å². The zero-order valence-electron chi connectivity index (χ0n) is 14.9. The molecule has 27 heavy (non-hydrogen) atoms. The molecule has 0 aromatic carbocycles. The van der Waals surface area contributed by atoms with Gasteiger partial charge in [-0.25, -0.2) is 9.67 Å². The minimum atomic E-state index is -0.512. The van der Waals surface area contributed by atoms with Gasteiger partial charge in [0.25, 0.3) is 0 Å². The molecule has 6 heteroatoms. The Morgan fingerprint density at radius 3 is 2.78 bits per heavy atom. The molecule has 0 amide bonds. The number of fused-ring (bicyclic) bond motifs is 1. The zero-order valence-corrected chi connectivity index (χ0v) is 14.9. The summed E-state index contributed by atoms with van der Waals surface area (Å²) in [5, 5.41) is 8.59. The predicted molar refractivity (Wildman–Crippen MR) is 101 cm³/mol. The molecule has 0 saturated heterocycles. The molecule has 0 bridgehead atoms. The van der Waals surface area contributed by atoms with Crippen molar-refractivity contribution in [2.75, 3.05) is 0 Å². The quantitative estimate of drug-likeness (QED) is 0.775. The molecule has 0 unspecified atom stereocenters. The lowest BCUT2D eigenvalue weighted by Crippen LogP contribution is -2.12. The highest BCUT2D eigenvalue weighted by Gasteiger charge is 2.26. The van der Waals surface area contributed by atoms with E-state index < -0.39 is 5.95 Å². The van der Waals surface area contributed by atoms with Gasteiger partial charge in [0, 0.05) is 23.7 Å². The predicted octanol–water partition coefficient (Wildman–Crippen LogP) is 4.07. The monoisotopic (exact) mass is 359 g/mol. The topological polar surface area (TPSA) is 46.8 Å².